The molecule has 4 rings (SSSR count). The maximum atomic E-state index is 13.8. The minimum atomic E-state index is -0.513. The van der Waals surface area contributed by atoms with Crippen LogP contribution in [-0.4, -0.2) is 57.7 Å². The minimum absolute atomic E-state index is 0.0851. The molecule has 0 aliphatic carbocycles. The molecule has 0 unspecified atom stereocenters. The van der Waals surface area contributed by atoms with Crippen LogP contribution in [0, 0.1) is 5.82 Å². The molecule has 3 aromatic rings. The van der Waals surface area contributed by atoms with E-state index in [2.05, 4.69) is 40.8 Å². The van der Waals surface area contributed by atoms with Gasteiger partial charge in [0.1, 0.15) is 17.2 Å². The van der Waals surface area contributed by atoms with Gasteiger partial charge in [-0.25, -0.2) is 14.2 Å². The molecule has 1 fully saturated rings. The number of amides is 1. The molecule has 1 amide bonds. The molecule has 0 bridgehead atoms. The Labute approximate surface area is 224 Å². The molecule has 0 N–H and O–H groups in total. The van der Waals surface area contributed by atoms with E-state index < -0.39 is 11.4 Å². The van der Waals surface area contributed by atoms with Gasteiger partial charge in [0, 0.05) is 50.4 Å². The van der Waals surface area contributed by atoms with Gasteiger partial charge >= 0.3 is 6.09 Å². The Hall–Kier alpha value is -2.90. The quantitative estimate of drug-likeness (QED) is 0.348. The Balaban J connectivity index is 1.50. The van der Waals surface area contributed by atoms with Gasteiger partial charge in [0.15, 0.2) is 0 Å². The number of rotatable bonds is 7. The Morgan fingerprint density at radius 3 is 2.51 bits per heavy atom. The van der Waals surface area contributed by atoms with E-state index in [4.69, 9.17) is 21.3 Å². The summed E-state index contributed by atoms with van der Waals surface area (Å²) < 4.78 is 21.5. The van der Waals surface area contributed by atoms with Crippen LogP contribution in [-0.2, 0) is 17.8 Å². The molecule has 1 saturated heterocycles. The van der Waals surface area contributed by atoms with Gasteiger partial charge in [0.25, 0.3) is 0 Å². The minimum Gasteiger partial charge on any atom is -0.444 e. The lowest BCUT2D eigenvalue weighted by Crippen LogP contribution is -2.41. The number of hydrogen-bond donors (Lipinski definition) is 0. The molecule has 1 aromatic heterocycles. The molecule has 8 heteroatoms. The lowest BCUT2D eigenvalue weighted by Gasteiger charge is -2.33. The first-order valence-corrected chi connectivity index (χ1v) is 13.2. The summed E-state index contributed by atoms with van der Waals surface area (Å²) in [5.41, 5.74) is 2.32. The third-order valence-electron chi connectivity index (χ3n) is 6.55. The van der Waals surface area contributed by atoms with Gasteiger partial charge in [-0.2, -0.15) is 0 Å². The molecule has 1 aliphatic rings. The van der Waals surface area contributed by atoms with Crippen LogP contribution in [0.5, 0.6) is 0 Å². The van der Waals surface area contributed by atoms with Gasteiger partial charge in [-0.15, -0.1) is 0 Å². The summed E-state index contributed by atoms with van der Waals surface area (Å²) in [6, 6.07) is 15.1. The molecule has 1 aliphatic heterocycles. The van der Waals surface area contributed by atoms with Crippen molar-refractivity contribution in [2.24, 2.45) is 0 Å². The number of hydrogen-bond acceptors (Lipinski definition) is 4. The van der Waals surface area contributed by atoms with Crippen molar-refractivity contribution in [1.29, 1.82) is 0 Å². The first-order chi connectivity index (χ1) is 17.6. The van der Waals surface area contributed by atoms with Gasteiger partial charge in [-0.05, 0) is 64.4 Å². The van der Waals surface area contributed by atoms with Crippen LogP contribution in [0.1, 0.15) is 50.9 Å². The molecule has 2 aromatic carbocycles. The molecular formula is C29H36ClFN4O2. The lowest BCUT2D eigenvalue weighted by atomic mass is 9.96. The molecule has 6 nitrogen and oxygen atoms in total. The fourth-order valence-corrected chi connectivity index (χ4v) is 4.81. The topological polar surface area (TPSA) is 50.6 Å². The van der Waals surface area contributed by atoms with Crippen molar-refractivity contribution in [1.82, 2.24) is 19.4 Å². The number of likely N-dealkylation sites (N-methyl/N-ethyl adjacent to an activating group) is 1. The zero-order valence-corrected chi connectivity index (χ0v) is 22.8. The van der Waals surface area contributed by atoms with E-state index in [1.807, 2.05) is 33.0 Å². The SMILES string of the molecule is CN(CCn1cc(-c2ccc(F)c(Cl)c2)nc1C1CCN(C(=O)OC(C)(C)C)CC1)Cc1ccccc1. The van der Waals surface area contributed by atoms with E-state index in [0.717, 1.165) is 49.6 Å². The highest BCUT2D eigenvalue weighted by atomic mass is 35.5. The average molecular weight is 527 g/mol. The number of carbonyl (C=O) groups excluding carboxylic acids is 1. The van der Waals surface area contributed by atoms with Crippen molar-refractivity contribution in [3.63, 3.8) is 0 Å². The van der Waals surface area contributed by atoms with Crippen LogP contribution in [0.2, 0.25) is 5.02 Å². The first-order valence-electron chi connectivity index (χ1n) is 12.8. The van der Waals surface area contributed by atoms with Gasteiger partial charge in [-0.1, -0.05) is 41.9 Å². The van der Waals surface area contributed by atoms with E-state index in [1.165, 1.54) is 11.6 Å². The summed E-state index contributed by atoms with van der Waals surface area (Å²) in [5, 5.41) is 0.0851. The Kier molecular flexibility index (Phi) is 8.55. The summed E-state index contributed by atoms with van der Waals surface area (Å²) >= 11 is 6.06. The average Bonchev–Trinajstić information content (AvgIpc) is 3.28. The predicted molar refractivity (Wildman–Crippen MR) is 145 cm³/mol. The van der Waals surface area contributed by atoms with Crippen LogP contribution < -0.4 is 0 Å². The number of aromatic nitrogens is 2. The molecule has 198 valence electrons. The standard InChI is InChI=1S/C29H36ClFN4O2/c1-29(2,3)37-28(36)34-14-12-22(13-15-34)27-32-26(23-10-11-25(31)24(30)18-23)20-35(27)17-16-33(4)19-21-8-6-5-7-9-21/h5-11,18,20,22H,12-17,19H2,1-4H3. The van der Waals surface area contributed by atoms with E-state index in [9.17, 15) is 9.18 Å². The van der Waals surface area contributed by atoms with E-state index >= 15 is 0 Å². The Morgan fingerprint density at radius 2 is 1.86 bits per heavy atom. The highest BCUT2D eigenvalue weighted by Gasteiger charge is 2.30. The number of imidazole rings is 1. The van der Waals surface area contributed by atoms with E-state index in [0.29, 0.717) is 13.1 Å². The predicted octanol–water partition coefficient (Wildman–Crippen LogP) is 6.59. The van der Waals surface area contributed by atoms with Crippen LogP contribution in [0.3, 0.4) is 0 Å². The second-order valence-electron chi connectivity index (χ2n) is 10.8. The number of ether oxygens (including phenoxy) is 1. The van der Waals surface area contributed by atoms with E-state index in [-0.39, 0.29) is 17.0 Å². The van der Waals surface area contributed by atoms with Crippen molar-refractivity contribution in [2.75, 3.05) is 26.7 Å². The third-order valence-corrected chi connectivity index (χ3v) is 6.84. The summed E-state index contributed by atoms with van der Waals surface area (Å²) in [6.45, 7) is 9.37. The largest absolute Gasteiger partial charge is 0.444 e. The fourth-order valence-electron chi connectivity index (χ4n) is 4.63. The van der Waals surface area contributed by atoms with Gasteiger partial charge in [0.05, 0.1) is 10.7 Å². The Bertz CT molecular complexity index is 1200. The summed E-state index contributed by atoms with van der Waals surface area (Å²) in [4.78, 5) is 21.6. The molecule has 37 heavy (non-hydrogen) atoms. The van der Waals surface area contributed by atoms with Crippen LogP contribution in [0.4, 0.5) is 9.18 Å². The normalized spacial score (nSPS) is 14.8. The number of benzene rings is 2. The maximum Gasteiger partial charge on any atom is 0.410 e. The van der Waals surface area contributed by atoms with E-state index in [1.54, 1.807) is 17.0 Å². The monoisotopic (exact) mass is 526 g/mol. The number of piperidine rings is 1. The summed E-state index contributed by atoms with van der Waals surface area (Å²) in [6.07, 6.45) is 3.38. The van der Waals surface area contributed by atoms with Crippen molar-refractivity contribution in [3.8, 4) is 11.3 Å². The molecular weight excluding hydrogens is 491 g/mol. The highest BCUT2D eigenvalue weighted by Crippen LogP contribution is 2.32. The highest BCUT2D eigenvalue weighted by molar-refractivity contribution is 6.31. The molecule has 0 spiro atoms. The van der Waals surface area contributed by atoms with Gasteiger partial charge < -0.3 is 19.1 Å². The molecule has 0 atom stereocenters. The maximum absolute atomic E-state index is 13.8. The zero-order valence-electron chi connectivity index (χ0n) is 22.1. The number of nitrogens with zero attached hydrogens (tertiary/aromatic N) is 4. The molecule has 0 radical (unpaired) electrons. The van der Waals surface area contributed by atoms with Crippen LogP contribution in [0.25, 0.3) is 11.3 Å². The molecule has 0 saturated carbocycles. The van der Waals surface area contributed by atoms with Crippen LogP contribution in [0.15, 0.2) is 54.7 Å². The van der Waals surface area contributed by atoms with Crippen molar-refractivity contribution in [3.05, 3.63) is 77.0 Å². The van der Waals surface area contributed by atoms with Crippen LogP contribution >= 0.6 is 11.6 Å². The second kappa shape index (κ2) is 11.7. The summed E-state index contributed by atoms with van der Waals surface area (Å²) in [7, 11) is 2.11. The number of likely N-dealkylation sites (tertiary alicyclic amines) is 1. The van der Waals surface area contributed by atoms with Crippen molar-refractivity contribution in [2.45, 2.75) is 58.2 Å². The number of carbonyl (C=O) groups is 1. The smallest absolute Gasteiger partial charge is 0.410 e. The fraction of sp³-hybridized carbons (Fsp3) is 0.448. The van der Waals surface area contributed by atoms with Gasteiger partial charge in [-0.3, -0.25) is 0 Å². The Morgan fingerprint density at radius 1 is 1.16 bits per heavy atom. The van der Waals surface area contributed by atoms with Gasteiger partial charge in [0.2, 0.25) is 0 Å². The van der Waals surface area contributed by atoms with Crippen molar-refractivity contribution < 1.29 is 13.9 Å². The third kappa shape index (κ3) is 7.33. The summed E-state index contributed by atoms with van der Waals surface area (Å²) in [5.74, 6) is 0.761. The lowest BCUT2D eigenvalue weighted by molar-refractivity contribution is 0.0202. The first kappa shape index (κ1) is 27.1. The zero-order chi connectivity index (χ0) is 26.6. The molecule has 2 heterocycles. The number of halogens is 2. The van der Waals surface area contributed by atoms with Crippen molar-refractivity contribution >= 4 is 17.7 Å². The second-order valence-corrected chi connectivity index (χ2v) is 11.2.